The first kappa shape index (κ1) is 15.4. The predicted octanol–water partition coefficient (Wildman–Crippen LogP) is 1.70. The number of aliphatic carboxylic acids is 1. The number of hydrogen-bond donors (Lipinski definition) is 2. The molecular weight excluding hydrogens is 282 g/mol. The Balaban J connectivity index is 1.94. The molecule has 0 atom stereocenters. The van der Waals surface area contributed by atoms with E-state index in [1.54, 1.807) is 0 Å². The summed E-state index contributed by atoms with van der Waals surface area (Å²) in [5, 5.41) is 11.1. The summed E-state index contributed by atoms with van der Waals surface area (Å²) in [5.74, 6) is -2.58. The van der Waals surface area contributed by atoms with E-state index < -0.39 is 23.5 Å². The zero-order valence-corrected chi connectivity index (χ0v) is 11.3. The van der Waals surface area contributed by atoms with Gasteiger partial charge in [0.2, 0.25) is 5.91 Å². The van der Waals surface area contributed by atoms with Gasteiger partial charge in [-0.25, -0.2) is 8.78 Å². The van der Waals surface area contributed by atoms with E-state index >= 15 is 0 Å². The van der Waals surface area contributed by atoms with Crippen molar-refractivity contribution in [2.75, 3.05) is 25.0 Å². The average molecular weight is 298 g/mol. The molecule has 1 saturated carbocycles. The van der Waals surface area contributed by atoms with E-state index in [0.29, 0.717) is 12.5 Å². The van der Waals surface area contributed by atoms with Crippen LogP contribution in [0.15, 0.2) is 18.2 Å². The van der Waals surface area contributed by atoms with Crippen molar-refractivity contribution >= 4 is 17.6 Å². The maximum Gasteiger partial charge on any atom is 0.317 e. The molecule has 1 amide bonds. The van der Waals surface area contributed by atoms with Gasteiger partial charge in [-0.15, -0.1) is 0 Å². The number of hydrogen-bond acceptors (Lipinski definition) is 3. The largest absolute Gasteiger partial charge is 0.480 e. The van der Waals surface area contributed by atoms with Crippen molar-refractivity contribution in [3.05, 3.63) is 29.8 Å². The van der Waals surface area contributed by atoms with E-state index in [4.69, 9.17) is 5.11 Å². The number of anilines is 1. The van der Waals surface area contributed by atoms with Gasteiger partial charge < -0.3 is 10.4 Å². The lowest BCUT2D eigenvalue weighted by Gasteiger charge is -2.19. The van der Waals surface area contributed by atoms with Crippen LogP contribution in [0.2, 0.25) is 0 Å². The number of nitrogens with zero attached hydrogens (tertiary/aromatic N) is 1. The number of rotatable bonds is 7. The molecule has 21 heavy (non-hydrogen) atoms. The topological polar surface area (TPSA) is 69.6 Å². The normalized spacial score (nSPS) is 14.2. The Hall–Kier alpha value is -2.02. The average Bonchev–Trinajstić information content (AvgIpc) is 3.16. The van der Waals surface area contributed by atoms with Crippen molar-refractivity contribution in [1.29, 1.82) is 0 Å². The molecule has 0 bridgehead atoms. The summed E-state index contributed by atoms with van der Waals surface area (Å²) in [5.41, 5.74) is -0.248. The predicted molar refractivity (Wildman–Crippen MR) is 71.8 cm³/mol. The molecule has 5 nitrogen and oxygen atoms in total. The summed E-state index contributed by atoms with van der Waals surface area (Å²) in [6.07, 6.45) is 2.05. The molecule has 2 N–H and O–H groups in total. The Morgan fingerprint density at radius 2 is 2.00 bits per heavy atom. The molecule has 0 heterocycles. The number of nitrogens with one attached hydrogen (secondary N) is 1. The number of carbonyl (C=O) groups excluding carboxylic acids is 1. The van der Waals surface area contributed by atoms with Crippen LogP contribution in [0.4, 0.5) is 14.5 Å². The van der Waals surface area contributed by atoms with Crippen molar-refractivity contribution in [1.82, 2.24) is 4.90 Å². The maximum absolute atomic E-state index is 13.4. The summed E-state index contributed by atoms with van der Waals surface area (Å²) < 4.78 is 26.4. The first-order valence-corrected chi connectivity index (χ1v) is 6.63. The lowest BCUT2D eigenvalue weighted by Crippen LogP contribution is -2.38. The molecule has 2 rings (SSSR count). The van der Waals surface area contributed by atoms with Crippen molar-refractivity contribution in [3.63, 3.8) is 0 Å². The standard InChI is InChI=1S/C14H16F2N2O3/c15-10-3-4-11(16)12(5-10)17-13(19)7-18(8-14(20)21)6-9-1-2-9/h3-5,9H,1-2,6-8H2,(H,17,19)(H,20,21). The SMILES string of the molecule is O=C(O)CN(CC(=O)Nc1cc(F)ccc1F)CC1CC1. The Morgan fingerprint density at radius 1 is 1.29 bits per heavy atom. The number of carboxylic acid groups (broad SMARTS) is 1. The van der Waals surface area contributed by atoms with Crippen LogP contribution in [0.3, 0.4) is 0 Å². The Morgan fingerprint density at radius 3 is 2.62 bits per heavy atom. The van der Waals surface area contributed by atoms with Crippen molar-refractivity contribution in [2.45, 2.75) is 12.8 Å². The second kappa shape index (κ2) is 6.62. The lowest BCUT2D eigenvalue weighted by molar-refractivity contribution is -0.138. The van der Waals surface area contributed by atoms with Crippen molar-refractivity contribution < 1.29 is 23.5 Å². The van der Waals surface area contributed by atoms with Crippen LogP contribution < -0.4 is 5.32 Å². The smallest absolute Gasteiger partial charge is 0.317 e. The van der Waals surface area contributed by atoms with Gasteiger partial charge in [0.15, 0.2) is 0 Å². The molecular formula is C14H16F2N2O3. The number of carbonyl (C=O) groups is 2. The minimum absolute atomic E-state index is 0.168. The molecule has 1 aromatic rings. The fourth-order valence-corrected chi connectivity index (χ4v) is 2.03. The highest BCUT2D eigenvalue weighted by Crippen LogP contribution is 2.29. The van der Waals surface area contributed by atoms with E-state index in [1.807, 2.05) is 0 Å². The van der Waals surface area contributed by atoms with Crippen LogP contribution in [0.5, 0.6) is 0 Å². The molecule has 0 spiro atoms. The molecule has 7 heteroatoms. The third-order valence-electron chi connectivity index (χ3n) is 3.14. The van der Waals surface area contributed by atoms with Gasteiger partial charge in [-0.3, -0.25) is 14.5 Å². The van der Waals surface area contributed by atoms with Gasteiger partial charge in [0, 0.05) is 12.6 Å². The molecule has 0 saturated heterocycles. The summed E-state index contributed by atoms with van der Waals surface area (Å²) >= 11 is 0. The maximum atomic E-state index is 13.4. The van der Waals surface area contributed by atoms with Gasteiger partial charge in [-0.1, -0.05) is 0 Å². The summed E-state index contributed by atoms with van der Waals surface area (Å²) in [6.45, 7) is 0.0969. The Labute approximate surface area is 120 Å². The highest BCUT2D eigenvalue weighted by atomic mass is 19.1. The van der Waals surface area contributed by atoms with E-state index in [1.165, 1.54) is 4.90 Å². The molecule has 0 radical (unpaired) electrons. The molecule has 0 aliphatic heterocycles. The number of carboxylic acids is 1. The Bertz CT molecular complexity index is 547. The summed E-state index contributed by atoms with van der Waals surface area (Å²) in [4.78, 5) is 24.1. The van der Waals surface area contributed by atoms with E-state index in [0.717, 1.165) is 31.0 Å². The highest BCUT2D eigenvalue weighted by Gasteiger charge is 2.26. The number of amides is 1. The van der Waals surface area contributed by atoms with E-state index in [9.17, 15) is 18.4 Å². The second-order valence-electron chi connectivity index (χ2n) is 5.18. The van der Waals surface area contributed by atoms with Gasteiger partial charge >= 0.3 is 5.97 Å². The molecule has 114 valence electrons. The number of benzene rings is 1. The third-order valence-corrected chi connectivity index (χ3v) is 3.14. The van der Waals surface area contributed by atoms with Crippen LogP contribution >= 0.6 is 0 Å². The monoisotopic (exact) mass is 298 g/mol. The fourth-order valence-electron chi connectivity index (χ4n) is 2.03. The quantitative estimate of drug-likeness (QED) is 0.804. The van der Waals surface area contributed by atoms with E-state index in [2.05, 4.69) is 5.32 Å². The lowest BCUT2D eigenvalue weighted by atomic mass is 10.3. The van der Waals surface area contributed by atoms with Crippen LogP contribution in [0.25, 0.3) is 0 Å². The fraction of sp³-hybridized carbons (Fsp3) is 0.429. The van der Waals surface area contributed by atoms with Crippen LogP contribution in [-0.4, -0.2) is 41.5 Å². The second-order valence-corrected chi connectivity index (χ2v) is 5.18. The van der Waals surface area contributed by atoms with Crippen LogP contribution in [-0.2, 0) is 9.59 Å². The molecule has 1 aliphatic rings. The number of halogens is 2. The van der Waals surface area contributed by atoms with Crippen molar-refractivity contribution in [3.8, 4) is 0 Å². The summed E-state index contributed by atoms with van der Waals surface area (Å²) in [6, 6.07) is 2.76. The highest BCUT2D eigenvalue weighted by molar-refractivity contribution is 5.92. The van der Waals surface area contributed by atoms with Gasteiger partial charge in [0.25, 0.3) is 0 Å². The Kier molecular flexibility index (Phi) is 4.85. The molecule has 0 aromatic heterocycles. The van der Waals surface area contributed by atoms with Gasteiger partial charge in [-0.2, -0.15) is 0 Å². The van der Waals surface area contributed by atoms with Gasteiger partial charge in [-0.05, 0) is 30.9 Å². The first-order chi connectivity index (χ1) is 9.94. The van der Waals surface area contributed by atoms with Crippen molar-refractivity contribution in [2.24, 2.45) is 5.92 Å². The minimum atomic E-state index is -1.03. The summed E-state index contributed by atoms with van der Waals surface area (Å²) in [7, 11) is 0. The third kappa shape index (κ3) is 5.11. The van der Waals surface area contributed by atoms with Gasteiger partial charge in [0.1, 0.15) is 11.6 Å². The zero-order valence-electron chi connectivity index (χ0n) is 11.3. The van der Waals surface area contributed by atoms with Gasteiger partial charge in [0.05, 0.1) is 18.8 Å². The van der Waals surface area contributed by atoms with Crippen LogP contribution in [0.1, 0.15) is 12.8 Å². The van der Waals surface area contributed by atoms with Crippen LogP contribution in [0, 0.1) is 17.6 Å². The first-order valence-electron chi connectivity index (χ1n) is 6.63. The minimum Gasteiger partial charge on any atom is -0.480 e. The molecule has 0 unspecified atom stereocenters. The molecule has 1 aliphatic carbocycles. The molecule has 1 fully saturated rings. The zero-order chi connectivity index (χ0) is 15.4. The van der Waals surface area contributed by atoms with E-state index in [-0.39, 0.29) is 18.8 Å². The molecule has 1 aromatic carbocycles.